The zero-order valence-electron chi connectivity index (χ0n) is 11.0. The highest BCUT2D eigenvalue weighted by molar-refractivity contribution is 9.10. The van der Waals surface area contributed by atoms with Gasteiger partial charge < -0.3 is 4.74 Å². The maximum Gasteiger partial charge on any atom is 0.170 e. The lowest BCUT2D eigenvalue weighted by atomic mass is 9.97. The van der Waals surface area contributed by atoms with Crippen LogP contribution in [0, 0.1) is 0 Å². The summed E-state index contributed by atoms with van der Waals surface area (Å²) < 4.78 is 6.89. The summed E-state index contributed by atoms with van der Waals surface area (Å²) in [7, 11) is 0. The molecule has 3 heteroatoms. The highest BCUT2D eigenvalue weighted by atomic mass is 79.9. The summed E-state index contributed by atoms with van der Waals surface area (Å²) in [5, 5.41) is 0. The fourth-order valence-electron chi connectivity index (χ4n) is 2.50. The Hall–Kier alpha value is -1.61. The van der Waals surface area contributed by atoms with Gasteiger partial charge in [0.15, 0.2) is 5.78 Å². The molecule has 0 spiro atoms. The SMILES string of the molecule is O=C1CC(CCc2ccccc2)Oc2cc(Br)ccc21. The molecule has 2 aromatic rings. The summed E-state index contributed by atoms with van der Waals surface area (Å²) in [6.45, 7) is 0. The molecule has 0 N–H and O–H groups in total. The van der Waals surface area contributed by atoms with E-state index < -0.39 is 0 Å². The summed E-state index contributed by atoms with van der Waals surface area (Å²) in [6.07, 6.45) is 2.25. The van der Waals surface area contributed by atoms with Gasteiger partial charge in [-0.05, 0) is 36.6 Å². The number of hydrogen-bond donors (Lipinski definition) is 0. The third-order valence-electron chi connectivity index (χ3n) is 3.55. The minimum Gasteiger partial charge on any atom is -0.489 e. The quantitative estimate of drug-likeness (QED) is 0.832. The van der Waals surface area contributed by atoms with E-state index in [4.69, 9.17) is 4.74 Å². The van der Waals surface area contributed by atoms with Crippen molar-refractivity contribution in [2.45, 2.75) is 25.4 Å². The van der Waals surface area contributed by atoms with Crippen molar-refractivity contribution in [1.29, 1.82) is 0 Å². The van der Waals surface area contributed by atoms with Gasteiger partial charge in [0, 0.05) is 10.9 Å². The summed E-state index contributed by atoms with van der Waals surface area (Å²) in [5.41, 5.74) is 1.98. The van der Waals surface area contributed by atoms with Gasteiger partial charge in [0.1, 0.15) is 11.9 Å². The van der Waals surface area contributed by atoms with Gasteiger partial charge in [-0.2, -0.15) is 0 Å². The van der Waals surface area contributed by atoms with Gasteiger partial charge in [0.25, 0.3) is 0 Å². The average Bonchev–Trinajstić information content (AvgIpc) is 2.46. The summed E-state index contributed by atoms with van der Waals surface area (Å²) in [6, 6.07) is 15.9. The predicted octanol–water partition coefficient (Wildman–Crippen LogP) is 4.42. The first-order valence-electron chi connectivity index (χ1n) is 6.76. The molecule has 3 rings (SSSR count). The molecule has 2 nitrogen and oxygen atoms in total. The number of carbonyl (C=O) groups excluding carboxylic acids is 1. The number of hydrogen-bond acceptors (Lipinski definition) is 2. The van der Waals surface area contributed by atoms with Crippen molar-refractivity contribution < 1.29 is 9.53 Å². The van der Waals surface area contributed by atoms with Crippen LogP contribution in [-0.2, 0) is 6.42 Å². The molecule has 0 saturated carbocycles. The van der Waals surface area contributed by atoms with Crippen LogP contribution in [0.1, 0.15) is 28.8 Å². The molecule has 20 heavy (non-hydrogen) atoms. The van der Waals surface area contributed by atoms with Crippen molar-refractivity contribution in [2.75, 3.05) is 0 Å². The minimum absolute atomic E-state index is 0.0236. The number of ether oxygens (including phenoxy) is 1. The van der Waals surface area contributed by atoms with Crippen LogP contribution < -0.4 is 4.74 Å². The molecule has 0 amide bonds. The lowest BCUT2D eigenvalue weighted by molar-refractivity contribution is 0.0839. The lowest BCUT2D eigenvalue weighted by Gasteiger charge is -2.25. The first-order chi connectivity index (χ1) is 9.72. The Labute approximate surface area is 126 Å². The molecule has 1 heterocycles. The van der Waals surface area contributed by atoms with E-state index in [2.05, 4.69) is 28.1 Å². The molecule has 0 aliphatic carbocycles. The maximum atomic E-state index is 12.1. The molecule has 0 saturated heterocycles. The summed E-state index contributed by atoms with van der Waals surface area (Å²) in [5.74, 6) is 0.880. The van der Waals surface area contributed by atoms with E-state index in [0.717, 1.165) is 17.3 Å². The van der Waals surface area contributed by atoms with Crippen molar-refractivity contribution in [3.8, 4) is 5.75 Å². The van der Waals surface area contributed by atoms with E-state index in [1.54, 1.807) is 0 Å². The molecular weight excluding hydrogens is 316 g/mol. The molecular formula is C17H15BrO2. The number of ketones is 1. The summed E-state index contributed by atoms with van der Waals surface area (Å²) in [4.78, 5) is 12.1. The van der Waals surface area contributed by atoms with Crippen LogP contribution in [0.5, 0.6) is 5.75 Å². The van der Waals surface area contributed by atoms with Crippen LogP contribution >= 0.6 is 15.9 Å². The number of rotatable bonds is 3. The van der Waals surface area contributed by atoms with E-state index in [-0.39, 0.29) is 11.9 Å². The molecule has 1 aliphatic rings. The zero-order chi connectivity index (χ0) is 13.9. The van der Waals surface area contributed by atoms with Crippen molar-refractivity contribution in [3.05, 3.63) is 64.1 Å². The van der Waals surface area contributed by atoms with Gasteiger partial charge in [-0.25, -0.2) is 0 Å². The second kappa shape index (κ2) is 5.80. The van der Waals surface area contributed by atoms with Crippen molar-refractivity contribution >= 4 is 21.7 Å². The largest absolute Gasteiger partial charge is 0.489 e. The van der Waals surface area contributed by atoms with Crippen LogP contribution in [0.2, 0.25) is 0 Å². The lowest BCUT2D eigenvalue weighted by Crippen LogP contribution is -2.27. The van der Waals surface area contributed by atoms with E-state index in [9.17, 15) is 4.79 Å². The molecule has 0 radical (unpaired) electrons. The number of fused-ring (bicyclic) bond motifs is 1. The van der Waals surface area contributed by atoms with E-state index in [1.807, 2.05) is 36.4 Å². The van der Waals surface area contributed by atoms with Gasteiger partial charge in [0.05, 0.1) is 5.56 Å². The van der Waals surface area contributed by atoms with Gasteiger partial charge in [-0.15, -0.1) is 0 Å². The number of halogens is 1. The fraction of sp³-hybridized carbons (Fsp3) is 0.235. The Morgan fingerprint density at radius 1 is 1.15 bits per heavy atom. The number of aryl methyl sites for hydroxylation is 1. The predicted molar refractivity (Wildman–Crippen MR) is 82.3 cm³/mol. The Bertz CT molecular complexity index is 622. The molecule has 1 aliphatic heterocycles. The van der Waals surface area contributed by atoms with E-state index in [0.29, 0.717) is 17.7 Å². The highest BCUT2D eigenvalue weighted by Gasteiger charge is 2.26. The van der Waals surface area contributed by atoms with Crippen LogP contribution in [0.3, 0.4) is 0 Å². The first kappa shape index (κ1) is 13.4. The Balaban J connectivity index is 1.70. The van der Waals surface area contributed by atoms with Crippen molar-refractivity contribution in [1.82, 2.24) is 0 Å². The number of carbonyl (C=O) groups is 1. The Morgan fingerprint density at radius 3 is 2.75 bits per heavy atom. The van der Waals surface area contributed by atoms with E-state index in [1.165, 1.54) is 5.56 Å². The minimum atomic E-state index is -0.0236. The molecule has 102 valence electrons. The maximum absolute atomic E-state index is 12.1. The van der Waals surface area contributed by atoms with Crippen molar-refractivity contribution in [3.63, 3.8) is 0 Å². The van der Waals surface area contributed by atoms with Gasteiger partial charge in [-0.1, -0.05) is 46.3 Å². The monoisotopic (exact) mass is 330 g/mol. The van der Waals surface area contributed by atoms with Crippen LogP contribution in [0.4, 0.5) is 0 Å². The van der Waals surface area contributed by atoms with Crippen LogP contribution in [0.25, 0.3) is 0 Å². The van der Waals surface area contributed by atoms with Gasteiger partial charge in [0.2, 0.25) is 0 Å². The van der Waals surface area contributed by atoms with Crippen LogP contribution in [-0.4, -0.2) is 11.9 Å². The Kier molecular flexibility index (Phi) is 3.88. The number of Topliss-reactive ketones (excluding diaryl/α,β-unsaturated/α-hetero) is 1. The molecule has 1 atom stereocenters. The summed E-state index contributed by atoms with van der Waals surface area (Å²) >= 11 is 3.41. The molecule has 0 aromatic heterocycles. The third-order valence-corrected chi connectivity index (χ3v) is 4.04. The van der Waals surface area contributed by atoms with Gasteiger partial charge in [-0.3, -0.25) is 4.79 Å². The fourth-order valence-corrected chi connectivity index (χ4v) is 2.84. The topological polar surface area (TPSA) is 26.3 Å². The normalized spacial score (nSPS) is 17.4. The van der Waals surface area contributed by atoms with Gasteiger partial charge >= 0.3 is 0 Å². The van der Waals surface area contributed by atoms with Crippen LogP contribution in [0.15, 0.2) is 53.0 Å². The second-order valence-electron chi connectivity index (χ2n) is 5.03. The third kappa shape index (κ3) is 2.93. The molecule has 2 aromatic carbocycles. The smallest absolute Gasteiger partial charge is 0.170 e. The molecule has 0 fully saturated rings. The zero-order valence-corrected chi connectivity index (χ0v) is 12.6. The molecule has 0 bridgehead atoms. The number of benzene rings is 2. The Morgan fingerprint density at radius 2 is 1.95 bits per heavy atom. The highest BCUT2D eigenvalue weighted by Crippen LogP contribution is 2.31. The first-order valence-corrected chi connectivity index (χ1v) is 7.55. The standard InChI is InChI=1S/C17H15BrO2/c18-13-7-9-15-16(19)11-14(20-17(15)10-13)8-6-12-4-2-1-3-5-12/h1-5,7,9-10,14H,6,8,11H2. The van der Waals surface area contributed by atoms with Crippen molar-refractivity contribution in [2.24, 2.45) is 0 Å². The van der Waals surface area contributed by atoms with E-state index >= 15 is 0 Å². The average molecular weight is 331 g/mol. The second-order valence-corrected chi connectivity index (χ2v) is 5.95. The molecule has 1 unspecified atom stereocenters.